The molecule has 5 nitrogen and oxygen atoms in total. The summed E-state index contributed by atoms with van der Waals surface area (Å²) in [4.78, 5) is 24.6. The summed E-state index contributed by atoms with van der Waals surface area (Å²) in [7, 11) is 1.57. The van der Waals surface area contributed by atoms with Crippen molar-refractivity contribution in [3.63, 3.8) is 0 Å². The van der Waals surface area contributed by atoms with Crippen LogP contribution in [0, 0.1) is 0 Å². The summed E-state index contributed by atoms with van der Waals surface area (Å²) in [6.07, 6.45) is 1.92. The summed E-state index contributed by atoms with van der Waals surface area (Å²) >= 11 is 0. The number of rotatable bonds is 7. The predicted octanol–water partition coefficient (Wildman–Crippen LogP) is 0.520. The molecule has 0 fully saturated rings. The van der Waals surface area contributed by atoms with E-state index in [0.29, 0.717) is 19.4 Å². The second kappa shape index (κ2) is 10.4. The molecule has 0 bridgehead atoms. The Bertz CT molecular complexity index is 235. The highest BCUT2D eigenvalue weighted by Crippen LogP contribution is 2.01. The van der Waals surface area contributed by atoms with E-state index < -0.39 is 0 Å². The van der Waals surface area contributed by atoms with Crippen molar-refractivity contribution in [2.75, 3.05) is 20.1 Å². The van der Waals surface area contributed by atoms with E-state index in [2.05, 4.69) is 5.32 Å². The zero-order valence-corrected chi connectivity index (χ0v) is 11.7. The van der Waals surface area contributed by atoms with Gasteiger partial charge in [0.25, 0.3) is 0 Å². The molecule has 0 radical (unpaired) electrons. The van der Waals surface area contributed by atoms with Gasteiger partial charge in [-0.05, 0) is 19.8 Å². The number of carbonyl (C=O) groups excluding carboxylic acids is 2. The fourth-order valence-electron chi connectivity index (χ4n) is 1.32. The van der Waals surface area contributed by atoms with Gasteiger partial charge in [-0.1, -0.05) is 6.92 Å². The highest BCUT2D eigenvalue weighted by Gasteiger charge is 2.15. The molecule has 0 rings (SSSR count). The Morgan fingerprint density at radius 1 is 1.41 bits per heavy atom. The van der Waals surface area contributed by atoms with E-state index in [1.165, 1.54) is 0 Å². The van der Waals surface area contributed by atoms with Crippen LogP contribution in [0.5, 0.6) is 0 Å². The number of halogens is 1. The van der Waals surface area contributed by atoms with Crippen LogP contribution in [0.4, 0.5) is 0 Å². The van der Waals surface area contributed by atoms with Gasteiger partial charge in [-0.3, -0.25) is 9.59 Å². The maximum Gasteiger partial charge on any atom is 0.239 e. The standard InChI is InChI=1S/C11H23N3O2.ClH/c1-4-7-14(8-10(15)13-3)11(16)6-5-9(2)12;/h9H,4-8,12H2,1-3H3,(H,13,15);1H. The molecule has 0 aromatic carbocycles. The van der Waals surface area contributed by atoms with Crippen molar-refractivity contribution < 1.29 is 9.59 Å². The number of hydrogen-bond acceptors (Lipinski definition) is 3. The van der Waals surface area contributed by atoms with Crippen LogP contribution in [0.3, 0.4) is 0 Å². The van der Waals surface area contributed by atoms with E-state index in [1.54, 1.807) is 11.9 Å². The smallest absolute Gasteiger partial charge is 0.239 e. The second-order valence-corrected chi connectivity index (χ2v) is 4.00. The van der Waals surface area contributed by atoms with E-state index in [0.717, 1.165) is 6.42 Å². The van der Waals surface area contributed by atoms with Crippen molar-refractivity contribution in [2.24, 2.45) is 5.73 Å². The third-order valence-electron chi connectivity index (χ3n) is 2.27. The summed E-state index contributed by atoms with van der Waals surface area (Å²) < 4.78 is 0. The Hall–Kier alpha value is -0.810. The average molecular weight is 266 g/mol. The summed E-state index contributed by atoms with van der Waals surface area (Å²) in [5.74, 6) is -0.134. The van der Waals surface area contributed by atoms with Gasteiger partial charge in [0.2, 0.25) is 11.8 Å². The van der Waals surface area contributed by atoms with Crippen molar-refractivity contribution in [2.45, 2.75) is 39.2 Å². The molecule has 102 valence electrons. The summed E-state index contributed by atoms with van der Waals surface area (Å²) in [6, 6.07) is 0.0208. The molecule has 1 atom stereocenters. The lowest BCUT2D eigenvalue weighted by Gasteiger charge is -2.21. The molecule has 0 saturated heterocycles. The number of likely N-dealkylation sites (N-methyl/N-ethyl adjacent to an activating group) is 1. The molecule has 3 N–H and O–H groups in total. The molecule has 0 heterocycles. The second-order valence-electron chi connectivity index (χ2n) is 4.00. The molecule has 0 aliphatic heterocycles. The number of nitrogens with two attached hydrogens (primary N) is 1. The number of nitrogens with one attached hydrogen (secondary N) is 1. The minimum atomic E-state index is -0.136. The van der Waals surface area contributed by atoms with Crippen LogP contribution in [0.25, 0.3) is 0 Å². The van der Waals surface area contributed by atoms with Gasteiger partial charge in [-0.2, -0.15) is 0 Å². The quantitative estimate of drug-likeness (QED) is 0.705. The van der Waals surface area contributed by atoms with E-state index in [-0.39, 0.29) is 36.8 Å². The van der Waals surface area contributed by atoms with Gasteiger partial charge in [0.15, 0.2) is 0 Å². The van der Waals surface area contributed by atoms with E-state index in [1.807, 2.05) is 13.8 Å². The maximum absolute atomic E-state index is 11.8. The van der Waals surface area contributed by atoms with Gasteiger partial charge >= 0.3 is 0 Å². The van der Waals surface area contributed by atoms with Crippen LogP contribution in [0.1, 0.15) is 33.1 Å². The van der Waals surface area contributed by atoms with E-state index >= 15 is 0 Å². The van der Waals surface area contributed by atoms with Crippen LogP contribution >= 0.6 is 12.4 Å². The predicted molar refractivity (Wildman–Crippen MR) is 71.1 cm³/mol. The Balaban J connectivity index is 0. The topological polar surface area (TPSA) is 75.4 Å². The van der Waals surface area contributed by atoms with Crippen LogP contribution < -0.4 is 11.1 Å². The first-order valence-corrected chi connectivity index (χ1v) is 5.75. The van der Waals surface area contributed by atoms with Crippen molar-refractivity contribution in [3.05, 3.63) is 0 Å². The number of nitrogens with zero attached hydrogens (tertiary/aromatic N) is 1. The molecule has 0 saturated carbocycles. The van der Waals surface area contributed by atoms with Gasteiger partial charge in [0, 0.05) is 26.1 Å². The number of hydrogen-bond donors (Lipinski definition) is 2. The summed E-state index contributed by atoms with van der Waals surface area (Å²) in [5, 5.41) is 2.52. The van der Waals surface area contributed by atoms with Crippen LogP contribution in [-0.2, 0) is 9.59 Å². The van der Waals surface area contributed by atoms with Crippen molar-refractivity contribution in [1.29, 1.82) is 0 Å². The van der Waals surface area contributed by atoms with Crippen LogP contribution in [0.2, 0.25) is 0 Å². The molecule has 1 unspecified atom stereocenters. The van der Waals surface area contributed by atoms with Crippen molar-refractivity contribution in [1.82, 2.24) is 10.2 Å². The normalized spacial score (nSPS) is 11.3. The van der Waals surface area contributed by atoms with Crippen molar-refractivity contribution >= 4 is 24.2 Å². The van der Waals surface area contributed by atoms with Gasteiger partial charge < -0.3 is 16.0 Å². The Morgan fingerprint density at radius 2 is 2.00 bits per heavy atom. The maximum atomic E-state index is 11.8. The summed E-state index contributed by atoms with van der Waals surface area (Å²) in [6.45, 7) is 4.61. The van der Waals surface area contributed by atoms with E-state index in [9.17, 15) is 9.59 Å². The minimum Gasteiger partial charge on any atom is -0.358 e. The first-order valence-electron chi connectivity index (χ1n) is 5.75. The third-order valence-corrected chi connectivity index (χ3v) is 2.27. The first kappa shape index (κ1) is 18.6. The Kier molecular flexibility index (Phi) is 11.3. The number of amides is 2. The third kappa shape index (κ3) is 8.94. The molecule has 17 heavy (non-hydrogen) atoms. The van der Waals surface area contributed by atoms with Gasteiger partial charge in [-0.15, -0.1) is 12.4 Å². The lowest BCUT2D eigenvalue weighted by atomic mass is 10.2. The molecule has 0 aliphatic carbocycles. The monoisotopic (exact) mass is 265 g/mol. The van der Waals surface area contributed by atoms with Gasteiger partial charge in [0.1, 0.15) is 0 Å². The van der Waals surface area contributed by atoms with E-state index in [4.69, 9.17) is 5.73 Å². The van der Waals surface area contributed by atoms with Crippen LogP contribution in [-0.4, -0.2) is 42.9 Å². The Morgan fingerprint density at radius 3 is 2.41 bits per heavy atom. The molecule has 0 aromatic rings. The molecular formula is C11H24ClN3O2. The molecule has 0 aliphatic rings. The lowest BCUT2D eigenvalue weighted by Crippen LogP contribution is -2.40. The lowest BCUT2D eigenvalue weighted by molar-refractivity contribution is -0.136. The largest absolute Gasteiger partial charge is 0.358 e. The van der Waals surface area contributed by atoms with Crippen molar-refractivity contribution in [3.8, 4) is 0 Å². The summed E-state index contributed by atoms with van der Waals surface area (Å²) in [5.41, 5.74) is 5.59. The Labute approximate surface area is 110 Å². The minimum absolute atomic E-state index is 0. The molecule has 2 amide bonds. The molecular weight excluding hydrogens is 242 g/mol. The fraction of sp³-hybridized carbons (Fsp3) is 0.818. The first-order chi connectivity index (χ1) is 7.51. The number of carbonyl (C=O) groups is 2. The zero-order chi connectivity index (χ0) is 12.6. The molecule has 0 spiro atoms. The molecule has 0 aromatic heterocycles. The highest BCUT2D eigenvalue weighted by molar-refractivity contribution is 5.85. The average Bonchev–Trinajstić information content (AvgIpc) is 2.24. The van der Waals surface area contributed by atoms with Crippen LogP contribution in [0.15, 0.2) is 0 Å². The molecule has 6 heteroatoms. The highest BCUT2D eigenvalue weighted by atomic mass is 35.5. The fourth-order valence-corrected chi connectivity index (χ4v) is 1.32. The van der Waals surface area contributed by atoms with Gasteiger partial charge in [0.05, 0.1) is 6.54 Å². The van der Waals surface area contributed by atoms with Gasteiger partial charge in [-0.25, -0.2) is 0 Å². The SMILES string of the molecule is CCCN(CC(=O)NC)C(=O)CCC(C)N.Cl. The zero-order valence-electron chi connectivity index (χ0n) is 10.9.